The van der Waals surface area contributed by atoms with E-state index in [4.69, 9.17) is 4.74 Å². The lowest BCUT2D eigenvalue weighted by Crippen LogP contribution is -2.37. The van der Waals surface area contributed by atoms with Gasteiger partial charge in [0.25, 0.3) is 0 Å². The number of hydrogen-bond acceptors (Lipinski definition) is 6. The molecule has 116 valence electrons. The van der Waals surface area contributed by atoms with Crippen LogP contribution >= 0.6 is 0 Å². The second-order valence-electron chi connectivity index (χ2n) is 4.89. The fourth-order valence-electron chi connectivity index (χ4n) is 2.11. The first-order valence-electron chi connectivity index (χ1n) is 7.38. The first-order chi connectivity index (χ1) is 10.2. The number of carbonyl (C=O) groups is 1. The van der Waals surface area contributed by atoms with Gasteiger partial charge in [0.05, 0.1) is 13.2 Å². The van der Waals surface area contributed by atoms with Gasteiger partial charge in [-0.2, -0.15) is 0 Å². The second kappa shape index (κ2) is 7.78. The molecule has 0 unspecified atom stereocenters. The van der Waals surface area contributed by atoms with E-state index >= 15 is 0 Å². The van der Waals surface area contributed by atoms with Crippen LogP contribution in [0.2, 0.25) is 0 Å². The number of nitrogens with one attached hydrogen (secondary N) is 2. The molecule has 1 aliphatic heterocycles. The van der Waals surface area contributed by atoms with Crippen molar-refractivity contribution in [2.75, 3.05) is 49.6 Å². The summed E-state index contributed by atoms with van der Waals surface area (Å²) in [5.74, 6) is 2.50. The van der Waals surface area contributed by atoms with Crippen LogP contribution in [-0.4, -0.2) is 55.3 Å². The molecule has 1 amide bonds. The van der Waals surface area contributed by atoms with Gasteiger partial charge in [-0.05, 0) is 6.92 Å². The zero-order chi connectivity index (χ0) is 15.1. The molecule has 0 radical (unpaired) electrons. The molecule has 7 heteroatoms. The molecule has 21 heavy (non-hydrogen) atoms. The van der Waals surface area contributed by atoms with Gasteiger partial charge in [0.2, 0.25) is 5.91 Å². The lowest BCUT2D eigenvalue weighted by Gasteiger charge is -2.28. The average molecular weight is 293 g/mol. The highest BCUT2D eigenvalue weighted by molar-refractivity contribution is 5.75. The van der Waals surface area contributed by atoms with E-state index in [0.717, 1.165) is 43.8 Å². The zero-order valence-corrected chi connectivity index (χ0v) is 12.7. The third-order valence-electron chi connectivity index (χ3n) is 3.23. The fraction of sp³-hybridized carbons (Fsp3) is 0.643. The summed E-state index contributed by atoms with van der Waals surface area (Å²) in [6.07, 6.45) is 0.508. The van der Waals surface area contributed by atoms with E-state index in [0.29, 0.717) is 19.5 Å². The summed E-state index contributed by atoms with van der Waals surface area (Å²) in [5.41, 5.74) is 0. The number of aromatic nitrogens is 2. The van der Waals surface area contributed by atoms with Crippen molar-refractivity contribution in [3.05, 3.63) is 11.9 Å². The van der Waals surface area contributed by atoms with Crippen molar-refractivity contribution in [1.29, 1.82) is 0 Å². The van der Waals surface area contributed by atoms with Crippen molar-refractivity contribution < 1.29 is 9.53 Å². The van der Waals surface area contributed by atoms with Crippen molar-refractivity contribution >= 4 is 17.5 Å². The Bertz CT molecular complexity index is 474. The number of rotatable bonds is 6. The van der Waals surface area contributed by atoms with Crippen LogP contribution in [0.15, 0.2) is 6.07 Å². The van der Waals surface area contributed by atoms with Crippen molar-refractivity contribution in [1.82, 2.24) is 15.3 Å². The Morgan fingerprint density at radius 3 is 2.81 bits per heavy atom. The molecule has 2 N–H and O–H groups in total. The van der Waals surface area contributed by atoms with Crippen LogP contribution < -0.4 is 15.5 Å². The Morgan fingerprint density at radius 1 is 1.33 bits per heavy atom. The third kappa shape index (κ3) is 4.86. The van der Waals surface area contributed by atoms with Crippen molar-refractivity contribution in [3.8, 4) is 0 Å². The maximum absolute atomic E-state index is 11.2. The van der Waals surface area contributed by atoms with Gasteiger partial charge in [-0.1, -0.05) is 6.92 Å². The molecule has 0 aromatic carbocycles. The summed E-state index contributed by atoms with van der Waals surface area (Å²) in [4.78, 5) is 22.2. The van der Waals surface area contributed by atoms with Crippen LogP contribution in [0.4, 0.5) is 11.6 Å². The van der Waals surface area contributed by atoms with Crippen LogP contribution in [0.3, 0.4) is 0 Å². The molecule has 1 saturated heterocycles. The largest absolute Gasteiger partial charge is 0.378 e. The molecule has 7 nitrogen and oxygen atoms in total. The topological polar surface area (TPSA) is 79.4 Å². The van der Waals surface area contributed by atoms with E-state index in [-0.39, 0.29) is 5.91 Å². The molecule has 0 spiro atoms. The standard InChI is InChI=1S/C14H23N5O2/c1-3-14(20)16-5-4-15-12-10-13(18-11(2)17-12)19-6-8-21-9-7-19/h10H,3-9H2,1-2H3,(H,16,20)(H,15,17,18). The third-order valence-corrected chi connectivity index (χ3v) is 3.23. The molecule has 0 aliphatic carbocycles. The number of anilines is 2. The molecule has 1 aromatic heterocycles. The lowest BCUT2D eigenvalue weighted by atomic mass is 10.4. The average Bonchev–Trinajstić information content (AvgIpc) is 2.51. The van der Waals surface area contributed by atoms with Gasteiger partial charge in [-0.3, -0.25) is 4.79 Å². The minimum absolute atomic E-state index is 0.0599. The van der Waals surface area contributed by atoms with Gasteiger partial charge >= 0.3 is 0 Å². The minimum atomic E-state index is 0.0599. The Labute approximate surface area is 125 Å². The van der Waals surface area contributed by atoms with Crippen LogP contribution in [0.25, 0.3) is 0 Å². The number of nitrogens with zero attached hydrogens (tertiary/aromatic N) is 3. The Hall–Kier alpha value is -1.89. The fourth-order valence-corrected chi connectivity index (χ4v) is 2.11. The van der Waals surface area contributed by atoms with Gasteiger partial charge in [0, 0.05) is 38.7 Å². The van der Waals surface area contributed by atoms with E-state index in [1.165, 1.54) is 0 Å². The number of aryl methyl sites for hydroxylation is 1. The summed E-state index contributed by atoms with van der Waals surface area (Å²) in [6.45, 7) is 8.11. The molecule has 0 bridgehead atoms. The maximum atomic E-state index is 11.2. The monoisotopic (exact) mass is 293 g/mol. The number of morpholine rings is 1. The van der Waals surface area contributed by atoms with Crippen LogP contribution in [0.5, 0.6) is 0 Å². The van der Waals surface area contributed by atoms with Gasteiger partial charge in [-0.25, -0.2) is 9.97 Å². The quantitative estimate of drug-likeness (QED) is 0.746. The van der Waals surface area contributed by atoms with E-state index in [1.54, 1.807) is 0 Å². The maximum Gasteiger partial charge on any atom is 0.219 e. The summed E-state index contributed by atoms with van der Waals surface area (Å²) < 4.78 is 5.35. The Morgan fingerprint density at radius 2 is 2.10 bits per heavy atom. The molecular formula is C14H23N5O2. The predicted octanol–water partition coefficient (Wildman–Crippen LogP) is 0.560. The van der Waals surface area contributed by atoms with E-state index < -0.39 is 0 Å². The normalized spacial score (nSPS) is 14.9. The molecular weight excluding hydrogens is 270 g/mol. The smallest absolute Gasteiger partial charge is 0.219 e. The number of carbonyl (C=O) groups excluding carboxylic acids is 1. The van der Waals surface area contributed by atoms with E-state index in [9.17, 15) is 4.79 Å². The van der Waals surface area contributed by atoms with E-state index in [1.807, 2.05) is 19.9 Å². The first kappa shape index (κ1) is 15.5. The predicted molar refractivity (Wildman–Crippen MR) is 81.6 cm³/mol. The zero-order valence-electron chi connectivity index (χ0n) is 12.7. The van der Waals surface area contributed by atoms with Gasteiger partial charge in [0.1, 0.15) is 17.5 Å². The highest BCUT2D eigenvalue weighted by Crippen LogP contribution is 2.16. The van der Waals surface area contributed by atoms with Crippen molar-refractivity contribution in [2.24, 2.45) is 0 Å². The SMILES string of the molecule is CCC(=O)NCCNc1cc(N2CCOCC2)nc(C)n1. The molecule has 0 atom stereocenters. The molecule has 1 aromatic rings. The molecule has 2 heterocycles. The van der Waals surface area contributed by atoms with Crippen LogP contribution in [0, 0.1) is 6.92 Å². The first-order valence-corrected chi connectivity index (χ1v) is 7.38. The van der Waals surface area contributed by atoms with Crippen molar-refractivity contribution in [3.63, 3.8) is 0 Å². The molecule has 1 fully saturated rings. The lowest BCUT2D eigenvalue weighted by molar-refractivity contribution is -0.120. The highest BCUT2D eigenvalue weighted by Gasteiger charge is 2.13. The van der Waals surface area contributed by atoms with Gasteiger partial charge < -0.3 is 20.3 Å². The number of amides is 1. The molecule has 1 aliphatic rings. The van der Waals surface area contributed by atoms with Crippen molar-refractivity contribution in [2.45, 2.75) is 20.3 Å². The minimum Gasteiger partial charge on any atom is -0.378 e. The Kier molecular flexibility index (Phi) is 5.74. The summed E-state index contributed by atoms with van der Waals surface area (Å²) in [6, 6.07) is 1.94. The Balaban J connectivity index is 1.90. The second-order valence-corrected chi connectivity index (χ2v) is 4.89. The van der Waals surface area contributed by atoms with E-state index in [2.05, 4.69) is 25.5 Å². The van der Waals surface area contributed by atoms with Crippen LogP contribution in [0.1, 0.15) is 19.2 Å². The molecule has 0 saturated carbocycles. The highest BCUT2D eigenvalue weighted by atomic mass is 16.5. The number of hydrogen-bond donors (Lipinski definition) is 2. The van der Waals surface area contributed by atoms with Gasteiger partial charge in [0.15, 0.2) is 0 Å². The molecule has 2 rings (SSSR count). The summed E-state index contributed by atoms with van der Waals surface area (Å²) >= 11 is 0. The summed E-state index contributed by atoms with van der Waals surface area (Å²) in [5, 5.41) is 6.04. The number of ether oxygens (including phenoxy) is 1. The summed E-state index contributed by atoms with van der Waals surface area (Å²) in [7, 11) is 0. The van der Waals surface area contributed by atoms with Gasteiger partial charge in [-0.15, -0.1) is 0 Å². The van der Waals surface area contributed by atoms with Crippen LogP contribution in [-0.2, 0) is 9.53 Å².